The number of likely N-dealkylation sites (N-methyl/N-ethyl adjacent to an activating group) is 1. The molecule has 1 atom stereocenters. The number of quaternary nitrogens is 1. The van der Waals surface area contributed by atoms with Crippen molar-refractivity contribution < 1.29 is 4.90 Å². The molecule has 1 aliphatic carbocycles. The highest BCUT2D eigenvalue weighted by atomic mass is 32.1. The maximum Gasteiger partial charge on any atom is 0.142 e. The Bertz CT molecular complexity index is 973. The van der Waals surface area contributed by atoms with Gasteiger partial charge in [0.2, 0.25) is 0 Å². The number of rotatable bonds is 3. The van der Waals surface area contributed by atoms with Crippen molar-refractivity contribution in [1.82, 2.24) is 9.97 Å². The van der Waals surface area contributed by atoms with E-state index in [1.807, 2.05) is 11.3 Å². The fourth-order valence-electron chi connectivity index (χ4n) is 4.41. The molecule has 146 valence electrons. The van der Waals surface area contributed by atoms with Crippen LogP contribution in [0.1, 0.15) is 23.8 Å². The van der Waals surface area contributed by atoms with Crippen LogP contribution < -0.4 is 15.1 Å². The molecule has 3 aromatic rings. The average molecular weight is 395 g/mol. The van der Waals surface area contributed by atoms with Gasteiger partial charge in [-0.1, -0.05) is 6.92 Å². The maximum absolute atomic E-state index is 4.59. The van der Waals surface area contributed by atoms with E-state index in [0.29, 0.717) is 0 Å². The van der Waals surface area contributed by atoms with Gasteiger partial charge in [0.15, 0.2) is 0 Å². The van der Waals surface area contributed by atoms with Crippen molar-refractivity contribution >= 4 is 38.7 Å². The Kier molecular flexibility index (Phi) is 4.69. The summed E-state index contributed by atoms with van der Waals surface area (Å²) in [6, 6.07) is 8.81. The molecule has 5 rings (SSSR count). The van der Waals surface area contributed by atoms with Crippen LogP contribution >= 0.6 is 11.3 Å². The summed E-state index contributed by atoms with van der Waals surface area (Å²) in [5, 5.41) is 4.80. The zero-order valence-corrected chi connectivity index (χ0v) is 17.5. The molecule has 0 saturated carbocycles. The topological polar surface area (TPSA) is 45.5 Å². The predicted molar refractivity (Wildman–Crippen MR) is 117 cm³/mol. The molecule has 3 heterocycles. The van der Waals surface area contributed by atoms with Crippen molar-refractivity contribution in [3.8, 4) is 0 Å². The van der Waals surface area contributed by atoms with E-state index in [-0.39, 0.29) is 0 Å². The summed E-state index contributed by atoms with van der Waals surface area (Å²) >= 11 is 1.85. The average Bonchev–Trinajstić information content (AvgIpc) is 3.07. The van der Waals surface area contributed by atoms with Gasteiger partial charge in [-0.25, -0.2) is 9.97 Å². The summed E-state index contributed by atoms with van der Waals surface area (Å²) in [5.74, 6) is 1.72. The molecule has 2 aromatic heterocycles. The lowest BCUT2D eigenvalue weighted by atomic mass is 9.89. The number of hydrogen-bond donors (Lipinski definition) is 2. The molecule has 6 heteroatoms. The van der Waals surface area contributed by atoms with Crippen LogP contribution in [0.5, 0.6) is 0 Å². The van der Waals surface area contributed by atoms with E-state index < -0.39 is 0 Å². The van der Waals surface area contributed by atoms with E-state index in [9.17, 15) is 0 Å². The molecule has 2 aliphatic rings. The third-order valence-corrected chi connectivity index (χ3v) is 7.37. The smallest absolute Gasteiger partial charge is 0.142 e. The third kappa shape index (κ3) is 3.35. The number of fused-ring (bicyclic) bond motifs is 3. The van der Waals surface area contributed by atoms with Crippen molar-refractivity contribution in [3.05, 3.63) is 41.0 Å². The molecule has 0 spiro atoms. The lowest BCUT2D eigenvalue weighted by molar-refractivity contribution is -0.880. The van der Waals surface area contributed by atoms with Gasteiger partial charge in [-0.15, -0.1) is 11.3 Å². The molecule has 0 bridgehead atoms. The maximum atomic E-state index is 4.59. The van der Waals surface area contributed by atoms with Crippen LogP contribution in [-0.4, -0.2) is 43.2 Å². The Labute approximate surface area is 170 Å². The van der Waals surface area contributed by atoms with Crippen LogP contribution in [0.15, 0.2) is 30.6 Å². The van der Waals surface area contributed by atoms with Crippen LogP contribution in [0.2, 0.25) is 0 Å². The largest absolute Gasteiger partial charge is 0.360 e. The number of nitrogens with zero attached hydrogens (tertiary/aromatic N) is 3. The van der Waals surface area contributed by atoms with Gasteiger partial charge in [0.25, 0.3) is 0 Å². The van der Waals surface area contributed by atoms with E-state index in [1.54, 1.807) is 11.2 Å². The number of anilines is 3. The Morgan fingerprint density at radius 2 is 1.93 bits per heavy atom. The van der Waals surface area contributed by atoms with Gasteiger partial charge in [0.05, 0.1) is 38.6 Å². The van der Waals surface area contributed by atoms with Gasteiger partial charge >= 0.3 is 0 Å². The number of aromatic nitrogens is 2. The second-order valence-electron chi connectivity index (χ2n) is 8.37. The highest BCUT2D eigenvalue weighted by Crippen LogP contribution is 2.40. The zero-order valence-electron chi connectivity index (χ0n) is 16.7. The number of benzene rings is 1. The van der Waals surface area contributed by atoms with Gasteiger partial charge in [-0.2, -0.15) is 0 Å². The number of piperazine rings is 1. The van der Waals surface area contributed by atoms with Gasteiger partial charge in [0.1, 0.15) is 17.0 Å². The van der Waals surface area contributed by atoms with E-state index in [2.05, 4.69) is 58.4 Å². The molecule has 2 N–H and O–H groups in total. The van der Waals surface area contributed by atoms with Crippen molar-refractivity contribution in [2.24, 2.45) is 5.92 Å². The summed E-state index contributed by atoms with van der Waals surface area (Å²) in [6.07, 6.45) is 5.27. The second-order valence-corrected chi connectivity index (χ2v) is 9.45. The fourth-order valence-corrected chi connectivity index (χ4v) is 5.76. The quantitative estimate of drug-likeness (QED) is 0.717. The van der Waals surface area contributed by atoms with E-state index in [0.717, 1.165) is 41.8 Å². The molecule has 1 saturated heterocycles. The lowest BCUT2D eigenvalue weighted by Gasteiger charge is -2.31. The summed E-state index contributed by atoms with van der Waals surface area (Å²) in [5.41, 5.74) is 3.87. The molecule has 1 aromatic carbocycles. The molecule has 0 radical (unpaired) electrons. The first-order chi connectivity index (χ1) is 13.7. The van der Waals surface area contributed by atoms with Crippen molar-refractivity contribution in [2.45, 2.75) is 26.2 Å². The molecule has 1 fully saturated rings. The standard InChI is InChI=1S/C22H27N5S/c1-15-3-8-18-19(13-15)28-22-20(18)21(23-14-24-22)25-16-4-6-17(7-5-16)27-11-9-26(2)10-12-27/h4-7,14-15H,3,8-13H2,1-2H3,(H,23,24,25)/p+1/t15-/m0/s1. The molecular formula is C22H28N5S+. The van der Waals surface area contributed by atoms with Crippen LogP contribution in [0.25, 0.3) is 10.2 Å². The molecule has 28 heavy (non-hydrogen) atoms. The summed E-state index contributed by atoms with van der Waals surface area (Å²) in [4.78, 5) is 15.9. The number of thiophene rings is 1. The summed E-state index contributed by atoms with van der Waals surface area (Å²) < 4.78 is 0. The highest BCUT2D eigenvalue weighted by Gasteiger charge is 2.23. The van der Waals surface area contributed by atoms with Crippen LogP contribution in [0.4, 0.5) is 17.2 Å². The van der Waals surface area contributed by atoms with Gasteiger partial charge in [0, 0.05) is 16.3 Å². The van der Waals surface area contributed by atoms with E-state index in [1.165, 1.54) is 47.4 Å². The van der Waals surface area contributed by atoms with Crippen LogP contribution in [-0.2, 0) is 12.8 Å². The van der Waals surface area contributed by atoms with E-state index in [4.69, 9.17) is 0 Å². The van der Waals surface area contributed by atoms with Gasteiger partial charge in [-0.05, 0) is 55.0 Å². The van der Waals surface area contributed by atoms with Crippen LogP contribution in [0, 0.1) is 5.92 Å². The molecule has 1 aliphatic heterocycles. The predicted octanol–water partition coefficient (Wildman–Crippen LogP) is 2.89. The molecule has 0 amide bonds. The fraction of sp³-hybridized carbons (Fsp3) is 0.455. The first-order valence-electron chi connectivity index (χ1n) is 10.4. The van der Waals surface area contributed by atoms with Gasteiger partial charge in [-0.3, -0.25) is 0 Å². The van der Waals surface area contributed by atoms with Gasteiger partial charge < -0.3 is 15.1 Å². The Morgan fingerprint density at radius 1 is 1.14 bits per heavy atom. The number of aryl methyl sites for hydroxylation is 1. The van der Waals surface area contributed by atoms with Crippen molar-refractivity contribution in [3.63, 3.8) is 0 Å². The minimum Gasteiger partial charge on any atom is -0.360 e. The minimum absolute atomic E-state index is 0.772. The number of hydrogen-bond acceptors (Lipinski definition) is 5. The Balaban J connectivity index is 1.40. The lowest BCUT2D eigenvalue weighted by Crippen LogP contribution is -3.12. The second kappa shape index (κ2) is 7.33. The first kappa shape index (κ1) is 17.9. The normalized spacial score (nSPS) is 20.4. The highest BCUT2D eigenvalue weighted by molar-refractivity contribution is 7.19. The zero-order chi connectivity index (χ0) is 19.1. The van der Waals surface area contributed by atoms with E-state index >= 15 is 0 Å². The summed E-state index contributed by atoms with van der Waals surface area (Å²) in [7, 11) is 2.27. The van der Waals surface area contributed by atoms with Crippen molar-refractivity contribution in [1.29, 1.82) is 0 Å². The minimum atomic E-state index is 0.772. The monoisotopic (exact) mass is 394 g/mol. The molecule has 0 unspecified atom stereocenters. The van der Waals surface area contributed by atoms with Crippen molar-refractivity contribution in [2.75, 3.05) is 43.4 Å². The first-order valence-corrected chi connectivity index (χ1v) is 11.2. The molecular weight excluding hydrogens is 366 g/mol. The Morgan fingerprint density at radius 3 is 2.71 bits per heavy atom. The SMILES string of the molecule is C[C@H]1CCc2c(sc3ncnc(Nc4ccc(N5CC[NH+](C)CC5)cc4)c23)C1. The Hall–Kier alpha value is -2.18. The third-order valence-electron chi connectivity index (χ3n) is 6.20. The van der Waals surface area contributed by atoms with Crippen LogP contribution in [0.3, 0.4) is 0 Å². The molecule has 5 nitrogen and oxygen atoms in total. The summed E-state index contributed by atoms with van der Waals surface area (Å²) in [6.45, 7) is 7.03. The number of nitrogens with one attached hydrogen (secondary N) is 2.